The van der Waals surface area contributed by atoms with Crippen LogP contribution < -0.4 is 5.48 Å². The Morgan fingerprint density at radius 3 is 2.50 bits per heavy atom. The fourth-order valence-electron chi connectivity index (χ4n) is 3.37. The van der Waals surface area contributed by atoms with Crippen LogP contribution in [0.4, 0.5) is 0 Å². The minimum atomic E-state index is -0.929. The van der Waals surface area contributed by atoms with E-state index in [1.807, 2.05) is 12.1 Å². The highest BCUT2D eigenvalue weighted by Gasteiger charge is 2.22. The van der Waals surface area contributed by atoms with Gasteiger partial charge in [0.2, 0.25) is 0 Å². The van der Waals surface area contributed by atoms with Crippen LogP contribution >= 0.6 is 0 Å². The van der Waals surface area contributed by atoms with Crippen LogP contribution in [0.3, 0.4) is 0 Å². The van der Waals surface area contributed by atoms with Gasteiger partial charge in [0.1, 0.15) is 6.04 Å². The summed E-state index contributed by atoms with van der Waals surface area (Å²) in [5.74, 6) is -0.929. The molecule has 0 saturated heterocycles. The molecule has 136 valence electrons. The first kappa shape index (κ1) is 18.2. The quantitative estimate of drug-likeness (QED) is 0.639. The van der Waals surface area contributed by atoms with Crippen molar-refractivity contribution in [3.05, 3.63) is 70.9 Å². The minimum absolute atomic E-state index is 0.358. The lowest BCUT2D eigenvalue weighted by molar-refractivity contribution is -0.143. The molecule has 0 spiro atoms. The smallest absolute Gasteiger partial charge is 0.323 e. The molecule has 0 amide bonds. The molecule has 1 atom stereocenters. The molecule has 0 aliphatic carbocycles. The van der Waals surface area contributed by atoms with Crippen molar-refractivity contribution in [2.24, 2.45) is 0 Å². The van der Waals surface area contributed by atoms with Crippen LogP contribution in [0.25, 0.3) is 10.9 Å². The van der Waals surface area contributed by atoms with E-state index >= 15 is 0 Å². The van der Waals surface area contributed by atoms with Gasteiger partial charge in [0.05, 0.1) is 7.11 Å². The number of fused-ring (bicyclic) bond motifs is 1. The molecule has 5 heteroatoms. The number of benzene rings is 2. The number of carboxylic acids is 1. The molecule has 0 fully saturated rings. The SMILES string of the molecule is CONC(Cc1c(C)n(Cc2ccc(C)cc2)c2ccccc12)C(=O)O. The van der Waals surface area contributed by atoms with Gasteiger partial charge in [0.25, 0.3) is 0 Å². The van der Waals surface area contributed by atoms with Gasteiger partial charge in [-0.3, -0.25) is 4.79 Å². The zero-order valence-corrected chi connectivity index (χ0v) is 15.3. The molecule has 3 rings (SSSR count). The molecule has 0 radical (unpaired) electrons. The van der Waals surface area contributed by atoms with Gasteiger partial charge in [-0.25, -0.2) is 0 Å². The Labute approximate surface area is 153 Å². The first-order valence-electron chi connectivity index (χ1n) is 8.64. The lowest BCUT2D eigenvalue weighted by atomic mass is 10.0. The van der Waals surface area contributed by atoms with Gasteiger partial charge in [-0.1, -0.05) is 48.0 Å². The Kier molecular flexibility index (Phi) is 5.40. The van der Waals surface area contributed by atoms with Crippen molar-refractivity contribution >= 4 is 16.9 Å². The summed E-state index contributed by atoms with van der Waals surface area (Å²) in [6.07, 6.45) is 0.358. The fraction of sp³-hybridized carbons (Fsp3) is 0.286. The highest BCUT2D eigenvalue weighted by molar-refractivity contribution is 5.86. The number of para-hydroxylation sites is 1. The van der Waals surface area contributed by atoms with Gasteiger partial charge in [-0.15, -0.1) is 0 Å². The van der Waals surface area contributed by atoms with E-state index in [0.29, 0.717) is 6.42 Å². The summed E-state index contributed by atoms with van der Waals surface area (Å²) in [5.41, 5.74) is 8.26. The molecule has 0 aliphatic rings. The molecule has 2 N–H and O–H groups in total. The zero-order valence-electron chi connectivity index (χ0n) is 15.3. The Balaban J connectivity index is 2.03. The van der Waals surface area contributed by atoms with Gasteiger partial charge < -0.3 is 14.5 Å². The van der Waals surface area contributed by atoms with E-state index in [1.54, 1.807) is 0 Å². The van der Waals surface area contributed by atoms with Crippen LogP contribution in [-0.4, -0.2) is 28.8 Å². The van der Waals surface area contributed by atoms with Crippen molar-refractivity contribution in [2.75, 3.05) is 7.11 Å². The number of aryl methyl sites for hydroxylation is 1. The van der Waals surface area contributed by atoms with E-state index in [0.717, 1.165) is 28.7 Å². The molecule has 2 aromatic carbocycles. The maximum absolute atomic E-state index is 11.5. The number of hydrogen-bond donors (Lipinski definition) is 2. The summed E-state index contributed by atoms with van der Waals surface area (Å²) in [7, 11) is 1.43. The van der Waals surface area contributed by atoms with Crippen molar-refractivity contribution in [2.45, 2.75) is 32.9 Å². The summed E-state index contributed by atoms with van der Waals surface area (Å²) >= 11 is 0. The third kappa shape index (κ3) is 3.64. The highest BCUT2D eigenvalue weighted by atomic mass is 16.6. The Morgan fingerprint density at radius 2 is 1.85 bits per heavy atom. The number of carbonyl (C=O) groups is 1. The van der Waals surface area contributed by atoms with E-state index in [2.05, 4.69) is 60.3 Å². The van der Waals surface area contributed by atoms with E-state index in [9.17, 15) is 9.90 Å². The summed E-state index contributed by atoms with van der Waals surface area (Å²) < 4.78 is 2.25. The van der Waals surface area contributed by atoms with Crippen molar-refractivity contribution in [1.82, 2.24) is 10.0 Å². The monoisotopic (exact) mass is 352 g/mol. The lowest BCUT2D eigenvalue weighted by Crippen LogP contribution is -2.37. The molecule has 26 heavy (non-hydrogen) atoms. The van der Waals surface area contributed by atoms with Crippen molar-refractivity contribution < 1.29 is 14.7 Å². The predicted octanol–water partition coefficient (Wildman–Crippen LogP) is 3.45. The van der Waals surface area contributed by atoms with Crippen molar-refractivity contribution in [3.8, 4) is 0 Å². The Bertz CT molecular complexity index is 913. The number of hydroxylamine groups is 1. The largest absolute Gasteiger partial charge is 0.480 e. The maximum Gasteiger partial charge on any atom is 0.323 e. The second-order valence-corrected chi connectivity index (χ2v) is 6.57. The third-order valence-electron chi connectivity index (χ3n) is 4.79. The average Bonchev–Trinajstić information content (AvgIpc) is 2.89. The average molecular weight is 352 g/mol. The van der Waals surface area contributed by atoms with E-state index in [1.165, 1.54) is 18.2 Å². The number of carboxylic acid groups (broad SMARTS) is 1. The van der Waals surface area contributed by atoms with Gasteiger partial charge in [-0.2, -0.15) is 5.48 Å². The van der Waals surface area contributed by atoms with Crippen LogP contribution in [0.2, 0.25) is 0 Å². The van der Waals surface area contributed by atoms with Crippen molar-refractivity contribution in [3.63, 3.8) is 0 Å². The van der Waals surface area contributed by atoms with Gasteiger partial charge in [0, 0.05) is 29.6 Å². The number of rotatable bonds is 7. The Hall–Kier alpha value is -2.63. The summed E-state index contributed by atoms with van der Waals surface area (Å²) in [5, 5.41) is 10.5. The number of aromatic nitrogens is 1. The lowest BCUT2D eigenvalue weighted by Gasteiger charge is -2.13. The van der Waals surface area contributed by atoms with E-state index in [4.69, 9.17) is 4.84 Å². The number of nitrogens with zero attached hydrogens (tertiary/aromatic N) is 1. The first-order valence-corrected chi connectivity index (χ1v) is 8.64. The summed E-state index contributed by atoms with van der Waals surface area (Å²) in [6, 6.07) is 15.8. The summed E-state index contributed by atoms with van der Waals surface area (Å²) in [4.78, 5) is 16.4. The summed E-state index contributed by atoms with van der Waals surface area (Å²) in [6.45, 7) is 4.88. The van der Waals surface area contributed by atoms with Crippen LogP contribution in [0.1, 0.15) is 22.4 Å². The fourth-order valence-corrected chi connectivity index (χ4v) is 3.37. The van der Waals surface area contributed by atoms with Crippen LogP contribution in [0, 0.1) is 13.8 Å². The predicted molar refractivity (Wildman–Crippen MR) is 102 cm³/mol. The molecule has 3 aromatic rings. The van der Waals surface area contributed by atoms with Crippen LogP contribution in [0.15, 0.2) is 48.5 Å². The second kappa shape index (κ2) is 7.72. The van der Waals surface area contributed by atoms with Crippen molar-refractivity contribution in [1.29, 1.82) is 0 Å². The molecular weight excluding hydrogens is 328 g/mol. The first-order chi connectivity index (χ1) is 12.5. The molecule has 1 heterocycles. The molecule has 0 saturated carbocycles. The Morgan fingerprint density at radius 1 is 1.15 bits per heavy atom. The molecular formula is C21H24N2O3. The topological polar surface area (TPSA) is 63.5 Å². The van der Waals surface area contributed by atoms with Gasteiger partial charge in [-0.05, 0) is 31.0 Å². The van der Waals surface area contributed by atoms with Gasteiger partial charge >= 0.3 is 5.97 Å². The standard InChI is InChI=1S/C21H24N2O3/c1-14-8-10-16(11-9-14)13-23-15(2)18(12-19(21(24)25)22-26-3)17-6-4-5-7-20(17)23/h4-11,19,22H,12-13H2,1-3H3,(H,24,25). The second-order valence-electron chi connectivity index (χ2n) is 6.57. The van der Waals surface area contributed by atoms with Crippen LogP contribution in [0.5, 0.6) is 0 Å². The maximum atomic E-state index is 11.5. The van der Waals surface area contributed by atoms with E-state index in [-0.39, 0.29) is 0 Å². The molecule has 5 nitrogen and oxygen atoms in total. The normalized spacial score (nSPS) is 12.4. The van der Waals surface area contributed by atoms with Crippen LogP contribution in [-0.2, 0) is 22.6 Å². The minimum Gasteiger partial charge on any atom is -0.480 e. The number of aliphatic carboxylic acids is 1. The third-order valence-corrected chi connectivity index (χ3v) is 4.79. The molecule has 1 aromatic heterocycles. The molecule has 0 aliphatic heterocycles. The highest BCUT2D eigenvalue weighted by Crippen LogP contribution is 2.28. The number of hydrogen-bond acceptors (Lipinski definition) is 3. The number of nitrogens with one attached hydrogen (secondary N) is 1. The van der Waals surface area contributed by atoms with E-state index < -0.39 is 12.0 Å². The molecule has 0 bridgehead atoms. The molecule has 1 unspecified atom stereocenters. The van der Waals surface area contributed by atoms with Gasteiger partial charge in [0.15, 0.2) is 0 Å². The zero-order chi connectivity index (χ0) is 18.7.